The van der Waals surface area contributed by atoms with Crippen molar-refractivity contribution in [2.75, 3.05) is 12.0 Å². The number of aromatic nitrogens is 3. The zero-order chi connectivity index (χ0) is 25.3. The maximum absolute atomic E-state index is 13.9. The molecule has 0 saturated heterocycles. The first kappa shape index (κ1) is 23.0. The van der Waals surface area contributed by atoms with Crippen LogP contribution in [-0.4, -0.2) is 32.7 Å². The van der Waals surface area contributed by atoms with Crippen LogP contribution in [0.15, 0.2) is 48.7 Å². The summed E-state index contributed by atoms with van der Waals surface area (Å²) in [5.74, 6) is 1.46. The first-order valence-corrected chi connectivity index (χ1v) is 12.3. The fourth-order valence-electron chi connectivity index (χ4n) is 5.31. The van der Waals surface area contributed by atoms with Gasteiger partial charge in [0.1, 0.15) is 23.4 Å². The molecule has 2 aliphatic heterocycles. The third-order valence-corrected chi connectivity index (χ3v) is 7.33. The van der Waals surface area contributed by atoms with Gasteiger partial charge in [0.25, 0.3) is 5.91 Å². The quantitative estimate of drug-likeness (QED) is 0.353. The SMILES string of the molecule is COc1ccc(CO)cc1-c1nc2c(n1C(C)C)C1c3ccc(Cl)cc3-c3c(Cl)ccnc3N1C2=O. The van der Waals surface area contributed by atoms with Crippen molar-refractivity contribution >= 4 is 34.9 Å². The molecule has 1 atom stereocenters. The summed E-state index contributed by atoms with van der Waals surface area (Å²) in [7, 11) is 1.59. The Morgan fingerprint density at radius 3 is 2.64 bits per heavy atom. The van der Waals surface area contributed by atoms with Crippen molar-refractivity contribution in [2.24, 2.45) is 0 Å². The summed E-state index contributed by atoms with van der Waals surface area (Å²) >= 11 is 13.0. The number of anilines is 1. The van der Waals surface area contributed by atoms with Gasteiger partial charge in [0.05, 0.1) is 30.0 Å². The Bertz CT molecular complexity index is 1560. The summed E-state index contributed by atoms with van der Waals surface area (Å²) in [6, 6.07) is 12.3. The highest BCUT2D eigenvalue weighted by molar-refractivity contribution is 6.35. The molecular formula is C27H22Cl2N4O3. The number of halogens is 2. The van der Waals surface area contributed by atoms with Crippen LogP contribution in [0.5, 0.6) is 5.75 Å². The monoisotopic (exact) mass is 520 g/mol. The number of hydrogen-bond acceptors (Lipinski definition) is 5. The highest BCUT2D eigenvalue weighted by Crippen LogP contribution is 2.54. The molecule has 1 amide bonds. The Hall–Kier alpha value is -3.39. The largest absolute Gasteiger partial charge is 0.496 e. The number of imidazole rings is 1. The fraction of sp³-hybridized carbons (Fsp3) is 0.222. The van der Waals surface area contributed by atoms with E-state index >= 15 is 0 Å². The van der Waals surface area contributed by atoms with Crippen molar-refractivity contribution in [3.63, 3.8) is 0 Å². The highest BCUT2D eigenvalue weighted by Gasteiger charge is 2.49. The Morgan fingerprint density at radius 2 is 1.92 bits per heavy atom. The third-order valence-electron chi connectivity index (χ3n) is 6.78. The van der Waals surface area contributed by atoms with E-state index in [1.807, 2.05) is 24.3 Å². The molecule has 2 aliphatic rings. The molecule has 0 fully saturated rings. The summed E-state index contributed by atoms with van der Waals surface area (Å²) in [6.07, 6.45) is 1.60. The molecule has 4 aromatic rings. The molecule has 36 heavy (non-hydrogen) atoms. The number of fused-ring (bicyclic) bond motifs is 8. The number of methoxy groups -OCH3 is 1. The number of aliphatic hydroxyl groups excluding tert-OH is 1. The predicted octanol–water partition coefficient (Wildman–Crippen LogP) is 6.06. The normalized spacial score (nSPS) is 15.6. The van der Waals surface area contributed by atoms with Gasteiger partial charge in [-0.15, -0.1) is 0 Å². The molecule has 1 N–H and O–H groups in total. The summed E-state index contributed by atoms with van der Waals surface area (Å²) in [5, 5.41) is 10.8. The van der Waals surface area contributed by atoms with Gasteiger partial charge >= 0.3 is 0 Å². The minimum Gasteiger partial charge on any atom is -0.496 e. The molecule has 2 aromatic heterocycles. The fourth-order valence-corrected chi connectivity index (χ4v) is 5.72. The second-order valence-electron chi connectivity index (χ2n) is 9.13. The maximum Gasteiger partial charge on any atom is 0.280 e. The van der Waals surface area contributed by atoms with Gasteiger partial charge in [-0.05, 0) is 60.9 Å². The number of nitrogens with zero attached hydrogens (tertiary/aromatic N) is 4. The second kappa shape index (κ2) is 8.34. The van der Waals surface area contributed by atoms with Crippen molar-refractivity contribution in [3.05, 3.63) is 81.2 Å². The van der Waals surface area contributed by atoms with Crippen LogP contribution >= 0.6 is 23.2 Å². The van der Waals surface area contributed by atoms with E-state index in [0.29, 0.717) is 44.3 Å². The Balaban J connectivity index is 1.66. The smallest absolute Gasteiger partial charge is 0.280 e. The lowest BCUT2D eigenvalue weighted by Gasteiger charge is -2.34. The zero-order valence-corrected chi connectivity index (χ0v) is 21.3. The zero-order valence-electron chi connectivity index (χ0n) is 19.8. The molecule has 0 bridgehead atoms. The second-order valence-corrected chi connectivity index (χ2v) is 9.97. The van der Waals surface area contributed by atoms with E-state index in [1.54, 1.807) is 36.4 Å². The predicted molar refractivity (Wildman–Crippen MR) is 139 cm³/mol. The molecule has 0 aliphatic carbocycles. The Morgan fingerprint density at radius 1 is 1.11 bits per heavy atom. The van der Waals surface area contributed by atoms with Gasteiger partial charge in [-0.1, -0.05) is 35.3 Å². The molecule has 6 rings (SSSR count). The minimum atomic E-state index is -0.450. The lowest BCUT2D eigenvalue weighted by molar-refractivity contribution is 0.0988. The van der Waals surface area contributed by atoms with Crippen LogP contribution in [0, 0.1) is 0 Å². The third kappa shape index (κ3) is 3.13. The van der Waals surface area contributed by atoms with Crippen LogP contribution in [-0.2, 0) is 6.61 Å². The van der Waals surface area contributed by atoms with Crippen molar-refractivity contribution in [1.29, 1.82) is 0 Å². The number of ether oxygens (including phenoxy) is 1. The van der Waals surface area contributed by atoms with Crippen LogP contribution in [0.4, 0.5) is 5.82 Å². The van der Waals surface area contributed by atoms with Crippen molar-refractivity contribution in [2.45, 2.75) is 32.5 Å². The van der Waals surface area contributed by atoms with Gasteiger partial charge in [0.2, 0.25) is 0 Å². The lowest BCUT2D eigenvalue weighted by Crippen LogP contribution is -2.34. The molecule has 7 nitrogen and oxygen atoms in total. The van der Waals surface area contributed by atoms with Crippen LogP contribution in [0.3, 0.4) is 0 Å². The Labute approximate surface area is 217 Å². The van der Waals surface area contributed by atoms with Gasteiger partial charge in [0, 0.05) is 22.8 Å². The van der Waals surface area contributed by atoms with Crippen LogP contribution in [0.25, 0.3) is 22.5 Å². The van der Waals surface area contributed by atoms with E-state index in [4.69, 9.17) is 32.9 Å². The van der Waals surface area contributed by atoms with Crippen molar-refractivity contribution in [1.82, 2.24) is 14.5 Å². The number of carbonyl (C=O) groups is 1. The van der Waals surface area contributed by atoms with Crippen molar-refractivity contribution < 1.29 is 14.6 Å². The van der Waals surface area contributed by atoms with Crippen LogP contribution in [0.1, 0.15) is 53.2 Å². The standard InChI is InChI=1S/C27H22Cl2N4O3/c1-13(2)32-24-22(31-25(32)18-10-14(12-34)4-7-20(18)36-3)27(35)33-23(24)16-6-5-15(28)11-17(16)21-19(29)8-9-30-26(21)33/h4-11,13,23,34H,12H2,1-3H3. The first-order chi connectivity index (χ1) is 17.3. The van der Waals surface area contributed by atoms with E-state index in [0.717, 1.165) is 22.4 Å². The number of carbonyl (C=O) groups excluding carboxylic acids is 1. The number of benzene rings is 2. The van der Waals surface area contributed by atoms with Gasteiger partial charge in [-0.25, -0.2) is 9.97 Å². The lowest BCUT2D eigenvalue weighted by atomic mass is 9.89. The number of rotatable bonds is 4. The average molecular weight is 521 g/mol. The molecule has 0 saturated carbocycles. The van der Waals surface area contributed by atoms with E-state index < -0.39 is 6.04 Å². The molecule has 1 unspecified atom stereocenters. The summed E-state index contributed by atoms with van der Waals surface area (Å²) < 4.78 is 7.70. The molecule has 182 valence electrons. The summed E-state index contributed by atoms with van der Waals surface area (Å²) in [5.41, 5.74) is 4.99. The average Bonchev–Trinajstić information content (AvgIpc) is 3.39. The maximum atomic E-state index is 13.9. The first-order valence-electron chi connectivity index (χ1n) is 11.5. The van der Waals surface area contributed by atoms with Crippen molar-refractivity contribution in [3.8, 4) is 28.3 Å². The molecule has 9 heteroatoms. The van der Waals surface area contributed by atoms with E-state index in [2.05, 4.69) is 23.4 Å². The highest BCUT2D eigenvalue weighted by atomic mass is 35.5. The minimum absolute atomic E-state index is 0.0315. The molecule has 4 heterocycles. The molecule has 2 aromatic carbocycles. The van der Waals surface area contributed by atoms with E-state index in [1.165, 1.54) is 0 Å². The number of hydrogen-bond donors (Lipinski definition) is 1. The van der Waals surface area contributed by atoms with Gasteiger partial charge in [-0.3, -0.25) is 9.69 Å². The topological polar surface area (TPSA) is 80.5 Å². The Kier molecular flexibility index (Phi) is 5.33. The van der Waals surface area contributed by atoms with Gasteiger partial charge < -0.3 is 14.4 Å². The van der Waals surface area contributed by atoms with Crippen LogP contribution < -0.4 is 9.64 Å². The molecule has 0 radical (unpaired) electrons. The molecule has 0 spiro atoms. The number of pyridine rings is 1. The van der Waals surface area contributed by atoms with E-state index in [-0.39, 0.29) is 18.6 Å². The van der Waals surface area contributed by atoms with E-state index in [9.17, 15) is 9.90 Å². The molecular weight excluding hydrogens is 499 g/mol. The number of aliphatic hydroxyl groups is 1. The summed E-state index contributed by atoms with van der Waals surface area (Å²) in [4.78, 5) is 25.1. The van der Waals surface area contributed by atoms with Crippen LogP contribution in [0.2, 0.25) is 10.0 Å². The van der Waals surface area contributed by atoms with Gasteiger partial charge in [-0.2, -0.15) is 0 Å². The number of amides is 1. The van der Waals surface area contributed by atoms with Gasteiger partial charge in [0.15, 0.2) is 5.69 Å². The summed E-state index contributed by atoms with van der Waals surface area (Å²) in [6.45, 7) is 3.98.